The van der Waals surface area contributed by atoms with Gasteiger partial charge in [0, 0.05) is 0 Å². The van der Waals surface area contributed by atoms with Gasteiger partial charge in [0.2, 0.25) is 0 Å². The Morgan fingerprint density at radius 2 is 1.41 bits per heavy atom. The zero-order chi connectivity index (χ0) is 16.4. The average Bonchev–Trinajstić information content (AvgIpc) is 2.46. The van der Waals surface area contributed by atoms with Crippen molar-refractivity contribution in [1.29, 1.82) is 0 Å². The second kappa shape index (κ2) is 6.07. The molecule has 0 aliphatic heterocycles. The summed E-state index contributed by atoms with van der Waals surface area (Å²) in [6, 6.07) is 12.0. The van der Waals surface area contributed by atoms with Crippen molar-refractivity contribution in [2.24, 2.45) is 8.91 Å². The van der Waals surface area contributed by atoms with E-state index in [9.17, 15) is 12.6 Å². The number of hydrogen-bond acceptors (Lipinski definition) is 4. The molecule has 0 fully saturated rings. The van der Waals surface area contributed by atoms with Gasteiger partial charge in [0.1, 0.15) is 15.7 Å². The fraction of sp³-hybridized carbons (Fsp3) is 0.143. The van der Waals surface area contributed by atoms with Crippen LogP contribution in [-0.4, -0.2) is 19.7 Å². The van der Waals surface area contributed by atoms with E-state index in [1.807, 2.05) is 6.92 Å². The van der Waals surface area contributed by atoms with E-state index in [0.717, 1.165) is 5.56 Å². The molecule has 0 amide bonds. The Balaban J connectivity index is 2.48. The fourth-order valence-electron chi connectivity index (χ4n) is 1.71. The van der Waals surface area contributed by atoms with Crippen LogP contribution in [0.2, 0.25) is 0 Å². The lowest BCUT2D eigenvalue weighted by molar-refractivity contribution is 0.414. The smallest absolute Gasteiger partial charge is 0.291 e. The maximum absolute atomic E-state index is 12.4. The van der Waals surface area contributed by atoms with Crippen molar-refractivity contribution in [2.45, 2.75) is 16.7 Å². The number of sulfonamides is 1. The van der Waals surface area contributed by atoms with Gasteiger partial charge in [-0.15, -0.1) is 0 Å². The second-order valence-electron chi connectivity index (χ2n) is 4.61. The molecule has 0 saturated carbocycles. The van der Waals surface area contributed by atoms with E-state index in [1.165, 1.54) is 43.5 Å². The number of nitrogens with two attached hydrogens (primary N) is 1. The molecule has 0 heterocycles. The second-order valence-corrected chi connectivity index (χ2v) is 8.23. The van der Waals surface area contributed by atoms with E-state index in [4.69, 9.17) is 9.88 Å². The first-order valence-electron chi connectivity index (χ1n) is 6.26. The van der Waals surface area contributed by atoms with Gasteiger partial charge < -0.3 is 4.74 Å². The summed E-state index contributed by atoms with van der Waals surface area (Å²) in [5.41, 5.74) is 0.905. The summed E-state index contributed by atoms with van der Waals surface area (Å²) < 4.78 is 45.2. The number of methoxy groups -OCH3 is 1. The molecule has 118 valence electrons. The van der Waals surface area contributed by atoms with Crippen molar-refractivity contribution < 1.29 is 17.4 Å². The van der Waals surface area contributed by atoms with Crippen molar-refractivity contribution in [3.8, 4) is 5.75 Å². The van der Waals surface area contributed by atoms with E-state index >= 15 is 0 Å². The topological polar surface area (TPSA) is 98.8 Å². The van der Waals surface area contributed by atoms with Crippen molar-refractivity contribution in [1.82, 2.24) is 0 Å². The van der Waals surface area contributed by atoms with E-state index in [2.05, 4.69) is 3.77 Å². The van der Waals surface area contributed by atoms with Gasteiger partial charge >= 0.3 is 0 Å². The minimum absolute atomic E-state index is 0.0511. The molecule has 0 aromatic heterocycles. The minimum Gasteiger partial charge on any atom is -0.497 e. The summed E-state index contributed by atoms with van der Waals surface area (Å²) in [5, 5.41) is 5.62. The van der Waals surface area contributed by atoms with Crippen LogP contribution >= 0.6 is 0 Å². The van der Waals surface area contributed by atoms with Crippen LogP contribution in [0.1, 0.15) is 5.56 Å². The normalized spacial score (nSPS) is 14.1. The number of nitrogens with zero attached hydrogens (tertiary/aromatic N) is 1. The quantitative estimate of drug-likeness (QED) is 0.921. The van der Waals surface area contributed by atoms with Crippen LogP contribution in [0, 0.1) is 6.92 Å². The summed E-state index contributed by atoms with van der Waals surface area (Å²) in [6.07, 6.45) is 0. The first kappa shape index (κ1) is 16.5. The lowest BCUT2D eigenvalue weighted by atomic mass is 10.2. The molecule has 1 atom stereocenters. The molecule has 0 saturated heterocycles. The Labute approximate surface area is 130 Å². The predicted octanol–water partition coefficient (Wildman–Crippen LogP) is 2.09. The highest BCUT2D eigenvalue weighted by Gasteiger charge is 2.17. The lowest BCUT2D eigenvalue weighted by Crippen LogP contribution is -2.15. The van der Waals surface area contributed by atoms with E-state index in [0.29, 0.717) is 5.75 Å². The lowest BCUT2D eigenvalue weighted by Gasteiger charge is -2.06. The summed E-state index contributed by atoms with van der Waals surface area (Å²) in [4.78, 5) is 0.0637. The molecule has 2 rings (SSSR count). The molecule has 0 spiro atoms. The Morgan fingerprint density at radius 1 is 0.909 bits per heavy atom. The third-order valence-corrected chi connectivity index (χ3v) is 6.41. The number of hydrogen-bond donors (Lipinski definition) is 1. The van der Waals surface area contributed by atoms with Crippen molar-refractivity contribution in [2.75, 3.05) is 7.11 Å². The van der Waals surface area contributed by atoms with Crippen LogP contribution in [0.4, 0.5) is 0 Å². The van der Waals surface area contributed by atoms with Crippen LogP contribution in [0.15, 0.2) is 62.1 Å². The van der Waals surface area contributed by atoms with Gasteiger partial charge in [0.15, 0.2) is 0 Å². The number of ether oxygens (including phenoxy) is 1. The number of rotatable bonds is 4. The van der Waals surface area contributed by atoms with Gasteiger partial charge in [0.25, 0.3) is 10.0 Å². The average molecular weight is 340 g/mol. The van der Waals surface area contributed by atoms with Crippen molar-refractivity contribution in [3.63, 3.8) is 0 Å². The molecular weight excluding hydrogens is 324 g/mol. The Hall–Kier alpha value is -1.90. The third-order valence-electron chi connectivity index (χ3n) is 2.92. The molecule has 0 aliphatic rings. The van der Waals surface area contributed by atoms with Gasteiger partial charge in [-0.05, 0) is 43.3 Å². The molecule has 6 nitrogen and oxygen atoms in total. The summed E-state index contributed by atoms with van der Waals surface area (Å²) >= 11 is 0. The first-order valence-corrected chi connectivity index (χ1v) is 9.28. The molecule has 0 bridgehead atoms. The molecule has 22 heavy (non-hydrogen) atoms. The van der Waals surface area contributed by atoms with Crippen LogP contribution < -0.4 is 9.88 Å². The highest BCUT2D eigenvalue weighted by atomic mass is 32.3. The maximum atomic E-state index is 12.4. The molecule has 0 aliphatic carbocycles. The summed E-state index contributed by atoms with van der Waals surface area (Å²) in [7, 11) is -6.19. The Morgan fingerprint density at radius 3 is 1.91 bits per heavy atom. The molecule has 2 aromatic rings. The van der Waals surface area contributed by atoms with Gasteiger partial charge in [-0.3, -0.25) is 0 Å². The molecule has 1 unspecified atom stereocenters. The highest BCUT2D eigenvalue weighted by Crippen LogP contribution is 2.19. The highest BCUT2D eigenvalue weighted by molar-refractivity contribution is 8.02. The minimum atomic E-state index is -4.11. The van der Waals surface area contributed by atoms with Crippen LogP contribution in [0.3, 0.4) is 0 Å². The zero-order valence-electron chi connectivity index (χ0n) is 12.1. The van der Waals surface area contributed by atoms with E-state index in [1.54, 1.807) is 12.1 Å². The van der Waals surface area contributed by atoms with Gasteiger partial charge in [-0.25, -0.2) is 9.35 Å². The first-order chi connectivity index (χ1) is 10.2. The SMILES string of the molecule is COc1ccc(S(N)(=O)=NS(=O)(=O)c2ccc(C)cc2)cc1. The van der Waals surface area contributed by atoms with Gasteiger partial charge in [-0.1, -0.05) is 21.5 Å². The molecular formula is C14H16N2O4S2. The van der Waals surface area contributed by atoms with Crippen LogP contribution in [-0.2, 0) is 19.9 Å². The van der Waals surface area contributed by atoms with E-state index in [-0.39, 0.29) is 9.79 Å². The number of benzene rings is 2. The van der Waals surface area contributed by atoms with Crippen molar-refractivity contribution in [3.05, 3.63) is 54.1 Å². The Bertz CT molecular complexity index is 879. The van der Waals surface area contributed by atoms with Crippen LogP contribution in [0.5, 0.6) is 5.75 Å². The maximum Gasteiger partial charge on any atom is 0.291 e. The molecule has 8 heteroatoms. The van der Waals surface area contributed by atoms with Crippen LogP contribution in [0.25, 0.3) is 0 Å². The largest absolute Gasteiger partial charge is 0.497 e. The molecule has 0 radical (unpaired) electrons. The third kappa shape index (κ3) is 3.65. The predicted molar refractivity (Wildman–Crippen MR) is 84.4 cm³/mol. The molecule has 2 N–H and O–H groups in total. The van der Waals surface area contributed by atoms with E-state index < -0.39 is 19.9 Å². The van der Waals surface area contributed by atoms with Gasteiger partial charge in [-0.2, -0.15) is 8.42 Å². The van der Waals surface area contributed by atoms with Crippen molar-refractivity contribution >= 4 is 19.9 Å². The standard InChI is InChI=1S/C14H16N2O4S2/c1-11-3-7-14(8-4-11)22(18,19)16-21(15,17)13-9-5-12(20-2)6-10-13/h3-10H,1-2H3,(H2,15,16,17). The monoisotopic (exact) mass is 340 g/mol. The summed E-state index contributed by atoms with van der Waals surface area (Å²) in [6.45, 7) is 1.83. The number of aryl methyl sites for hydroxylation is 1. The summed E-state index contributed by atoms with van der Waals surface area (Å²) in [5.74, 6) is 0.542. The zero-order valence-corrected chi connectivity index (χ0v) is 13.7. The molecule has 2 aromatic carbocycles. The Kier molecular flexibility index (Phi) is 4.55. The van der Waals surface area contributed by atoms with Gasteiger partial charge in [0.05, 0.1) is 16.9 Å². The fourth-order valence-corrected chi connectivity index (χ4v) is 4.57.